The Balaban J connectivity index is 2.81. The van der Waals surface area contributed by atoms with Crippen LogP contribution in [-0.4, -0.2) is 19.8 Å². The average molecular weight is 304 g/mol. The summed E-state index contributed by atoms with van der Waals surface area (Å²) in [5.41, 5.74) is 7.91. The van der Waals surface area contributed by atoms with Gasteiger partial charge in [0.05, 0.1) is 11.6 Å². The fourth-order valence-corrected chi connectivity index (χ4v) is 1.64. The van der Waals surface area contributed by atoms with Crippen molar-refractivity contribution in [3.63, 3.8) is 0 Å². The summed E-state index contributed by atoms with van der Waals surface area (Å²) >= 11 is 11.3. The van der Waals surface area contributed by atoms with E-state index < -0.39 is 0 Å². The lowest BCUT2D eigenvalue weighted by Gasteiger charge is -2.13. The molecular weight excluding hydrogens is 285 g/mol. The molecule has 0 aliphatic heterocycles. The molecule has 3 nitrogen and oxygen atoms in total. The second-order valence-electron chi connectivity index (χ2n) is 4.00. The van der Waals surface area contributed by atoms with Gasteiger partial charge < -0.3 is 15.2 Å². The van der Waals surface area contributed by atoms with E-state index in [0.29, 0.717) is 18.2 Å². The van der Waals surface area contributed by atoms with Gasteiger partial charge in [-0.15, -0.1) is 0 Å². The monoisotopic (exact) mass is 303 g/mol. The molecule has 0 atom stereocenters. The number of rotatable bonds is 8. The van der Waals surface area contributed by atoms with Crippen molar-refractivity contribution >= 4 is 23.2 Å². The first-order valence-electron chi connectivity index (χ1n) is 6.24. The Morgan fingerprint density at radius 3 is 2.79 bits per heavy atom. The summed E-state index contributed by atoms with van der Waals surface area (Å²) < 4.78 is 11.2. The van der Waals surface area contributed by atoms with Gasteiger partial charge in [0.2, 0.25) is 0 Å². The minimum absolute atomic E-state index is 0.236. The van der Waals surface area contributed by atoms with Gasteiger partial charge in [0.25, 0.3) is 0 Å². The third-order valence-corrected chi connectivity index (χ3v) is 3.00. The third kappa shape index (κ3) is 5.72. The van der Waals surface area contributed by atoms with Crippen LogP contribution in [0.2, 0.25) is 0 Å². The SMILES string of the molecule is CCCOc1ccc(CCN)c(OCC(Cl)=CCl)c1. The highest BCUT2D eigenvalue weighted by Crippen LogP contribution is 2.26. The van der Waals surface area contributed by atoms with Crippen LogP contribution < -0.4 is 15.2 Å². The maximum absolute atomic E-state index is 5.82. The van der Waals surface area contributed by atoms with Gasteiger partial charge in [-0.1, -0.05) is 36.2 Å². The Kier molecular flexibility index (Phi) is 7.72. The van der Waals surface area contributed by atoms with Crippen LogP contribution in [-0.2, 0) is 6.42 Å². The Bertz CT molecular complexity index is 422. The van der Waals surface area contributed by atoms with Gasteiger partial charge in [-0.05, 0) is 31.0 Å². The topological polar surface area (TPSA) is 44.5 Å². The van der Waals surface area contributed by atoms with E-state index in [4.69, 9.17) is 38.4 Å². The van der Waals surface area contributed by atoms with Gasteiger partial charge in [-0.2, -0.15) is 0 Å². The molecule has 2 N–H and O–H groups in total. The normalized spacial score (nSPS) is 11.5. The fraction of sp³-hybridized carbons (Fsp3) is 0.429. The largest absolute Gasteiger partial charge is 0.493 e. The van der Waals surface area contributed by atoms with Gasteiger partial charge in [-0.3, -0.25) is 0 Å². The molecule has 0 aliphatic carbocycles. The molecule has 0 bridgehead atoms. The highest BCUT2D eigenvalue weighted by Gasteiger charge is 2.06. The number of nitrogens with two attached hydrogens (primary N) is 1. The number of ether oxygens (including phenoxy) is 2. The minimum atomic E-state index is 0.236. The molecule has 5 heteroatoms. The molecule has 0 aliphatic rings. The standard InChI is InChI=1S/C14H19Cl2NO2/c1-2-7-18-13-4-3-11(5-6-17)14(8-13)19-10-12(16)9-15/h3-4,8-9H,2,5-7,10,17H2,1H3. The predicted octanol–water partition coefficient (Wildman–Crippen LogP) is 3.67. The minimum Gasteiger partial charge on any atom is -0.493 e. The van der Waals surface area contributed by atoms with E-state index in [1.54, 1.807) is 0 Å². The molecule has 106 valence electrons. The van der Waals surface area contributed by atoms with E-state index in [-0.39, 0.29) is 6.61 Å². The van der Waals surface area contributed by atoms with E-state index in [1.165, 1.54) is 5.54 Å². The molecular formula is C14H19Cl2NO2. The zero-order valence-electron chi connectivity index (χ0n) is 11.0. The van der Waals surface area contributed by atoms with Crippen molar-refractivity contribution in [1.82, 2.24) is 0 Å². The van der Waals surface area contributed by atoms with Gasteiger partial charge in [0.15, 0.2) is 0 Å². The summed E-state index contributed by atoms with van der Waals surface area (Å²) in [4.78, 5) is 0. The first-order chi connectivity index (χ1) is 9.21. The van der Waals surface area contributed by atoms with Crippen LogP contribution in [0, 0.1) is 0 Å². The lowest BCUT2D eigenvalue weighted by Crippen LogP contribution is -2.07. The number of hydrogen-bond acceptors (Lipinski definition) is 3. The van der Waals surface area contributed by atoms with Crippen LogP contribution in [0.15, 0.2) is 28.8 Å². The zero-order chi connectivity index (χ0) is 14.1. The fourth-order valence-electron chi connectivity index (χ4n) is 1.52. The lowest BCUT2D eigenvalue weighted by atomic mass is 10.1. The zero-order valence-corrected chi connectivity index (χ0v) is 12.5. The van der Waals surface area contributed by atoms with Crippen molar-refractivity contribution < 1.29 is 9.47 Å². The maximum Gasteiger partial charge on any atom is 0.126 e. The van der Waals surface area contributed by atoms with Gasteiger partial charge >= 0.3 is 0 Å². The average Bonchev–Trinajstić information content (AvgIpc) is 2.44. The molecule has 0 unspecified atom stereocenters. The molecule has 0 heterocycles. The highest BCUT2D eigenvalue weighted by molar-refractivity contribution is 6.36. The van der Waals surface area contributed by atoms with Crippen LogP contribution >= 0.6 is 23.2 Å². The Hall–Kier alpha value is -0.900. The van der Waals surface area contributed by atoms with E-state index in [0.717, 1.165) is 29.9 Å². The molecule has 1 aromatic rings. The second-order valence-corrected chi connectivity index (χ2v) is 4.71. The predicted molar refractivity (Wildman–Crippen MR) is 80.3 cm³/mol. The van der Waals surface area contributed by atoms with Crippen molar-refractivity contribution in [3.8, 4) is 11.5 Å². The summed E-state index contributed by atoms with van der Waals surface area (Å²) in [6, 6.07) is 5.75. The van der Waals surface area contributed by atoms with E-state index >= 15 is 0 Å². The molecule has 1 rings (SSSR count). The summed E-state index contributed by atoms with van der Waals surface area (Å²) in [6.07, 6.45) is 1.70. The Morgan fingerprint density at radius 2 is 2.16 bits per heavy atom. The molecule has 0 aromatic heterocycles. The number of benzene rings is 1. The Labute approximate surface area is 124 Å². The highest BCUT2D eigenvalue weighted by atomic mass is 35.5. The van der Waals surface area contributed by atoms with Gasteiger partial charge in [0.1, 0.15) is 18.1 Å². The quantitative estimate of drug-likeness (QED) is 0.797. The molecule has 1 aromatic carbocycles. The van der Waals surface area contributed by atoms with Crippen LogP contribution in [0.3, 0.4) is 0 Å². The van der Waals surface area contributed by atoms with Gasteiger partial charge in [-0.25, -0.2) is 0 Å². The number of hydrogen-bond donors (Lipinski definition) is 1. The maximum atomic E-state index is 5.82. The number of halogens is 2. The summed E-state index contributed by atoms with van der Waals surface area (Å²) in [5.74, 6) is 1.51. The molecule has 0 radical (unpaired) electrons. The lowest BCUT2D eigenvalue weighted by molar-refractivity contribution is 0.311. The van der Waals surface area contributed by atoms with Crippen molar-refractivity contribution in [3.05, 3.63) is 34.3 Å². The summed E-state index contributed by atoms with van der Waals surface area (Å²) in [6.45, 7) is 3.54. The smallest absolute Gasteiger partial charge is 0.126 e. The first kappa shape index (κ1) is 16.2. The van der Waals surface area contributed by atoms with Crippen LogP contribution in [0.1, 0.15) is 18.9 Å². The van der Waals surface area contributed by atoms with Crippen molar-refractivity contribution in [2.45, 2.75) is 19.8 Å². The van der Waals surface area contributed by atoms with Crippen molar-refractivity contribution in [1.29, 1.82) is 0 Å². The second kappa shape index (κ2) is 9.08. The molecule has 0 fully saturated rings. The third-order valence-electron chi connectivity index (χ3n) is 2.41. The first-order valence-corrected chi connectivity index (χ1v) is 7.06. The van der Waals surface area contributed by atoms with Gasteiger partial charge in [0, 0.05) is 11.6 Å². The van der Waals surface area contributed by atoms with Crippen LogP contribution in [0.4, 0.5) is 0 Å². The van der Waals surface area contributed by atoms with Crippen molar-refractivity contribution in [2.24, 2.45) is 5.73 Å². The summed E-state index contributed by atoms with van der Waals surface area (Å²) in [7, 11) is 0. The Morgan fingerprint density at radius 1 is 1.37 bits per heavy atom. The van der Waals surface area contributed by atoms with E-state index in [9.17, 15) is 0 Å². The summed E-state index contributed by atoms with van der Waals surface area (Å²) in [5, 5.41) is 0.445. The van der Waals surface area contributed by atoms with Crippen molar-refractivity contribution in [2.75, 3.05) is 19.8 Å². The molecule has 0 saturated heterocycles. The molecule has 0 spiro atoms. The van der Waals surface area contributed by atoms with E-state index in [1.807, 2.05) is 18.2 Å². The van der Waals surface area contributed by atoms with Crippen LogP contribution in [0.5, 0.6) is 11.5 Å². The van der Waals surface area contributed by atoms with E-state index in [2.05, 4.69) is 6.92 Å². The molecule has 19 heavy (non-hydrogen) atoms. The van der Waals surface area contributed by atoms with Crippen LogP contribution in [0.25, 0.3) is 0 Å². The molecule has 0 saturated carbocycles. The molecule has 0 amide bonds.